The number of nitrogens with zero attached hydrogens (tertiary/aromatic N) is 4. The molecule has 2 aromatic carbocycles. The zero-order valence-electron chi connectivity index (χ0n) is 22.0. The fraction of sp³-hybridized carbons (Fsp3) is 0.259. The fourth-order valence-corrected chi connectivity index (χ4v) is 4.04. The quantitative estimate of drug-likeness (QED) is 0.162. The molecular weight excluding hydrogens is 516 g/mol. The molecule has 13 nitrogen and oxygen atoms in total. The molecule has 0 radical (unpaired) electrons. The first-order valence-corrected chi connectivity index (χ1v) is 12.4. The molecule has 4 aromatic rings. The van der Waals surface area contributed by atoms with E-state index in [-0.39, 0.29) is 17.9 Å². The predicted molar refractivity (Wildman–Crippen MR) is 147 cm³/mol. The van der Waals surface area contributed by atoms with Crippen LogP contribution in [0.4, 0.5) is 5.69 Å². The topological polar surface area (TPSA) is 194 Å². The number of carbonyl (C=O) groups is 1. The average Bonchev–Trinajstić information content (AvgIpc) is 3.57. The van der Waals surface area contributed by atoms with E-state index in [2.05, 4.69) is 25.4 Å². The van der Waals surface area contributed by atoms with Gasteiger partial charge >= 0.3 is 5.69 Å². The highest BCUT2D eigenvalue weighted by Gasteiger charge is 2.23. The molecule has 1 aliphatic heterocycles. The van der Waals surface area contributed by atoms with Crippen molar-refractivity contribution in [3.63, 3.8) is 0 Å². The number of aromatic nitrogens is 5. The molecule has 5 rings (SSSR count). The van der Waals surface area contributed by atoms with Crippen molar-refractivity contribution in [1.29, 1.82) is 5.41 Å². The smallest absolute Gasteiger partial charge is 0.350 e. The summed E-state index contributed by atoms with van der Waals surface area (Å²) in [4.78, 5) is 32.9. The normalized spacial score (nSPS) is 15.0. The summed E-state index contributed by atoms with van der Waals surface area (Å²) in [5.74, 6) is 0.417. The van der Waals surface area contributed by atoms with Crippen LogP contribution in [0.25, 0.3) is 5.95 Å². The minimum Gasteiger partial charge on any atom is -0.488 e. The number of anilines is 1. The molecule has 1 saturated heterocycles. The summed E-state index contributed by atoms with van der Waals surface area (Å²) in [6.45, 7) is 4.31. The van der Waals surface area contributed by atoms with Gasteiger partial charge in [-0.2, -0.15) is 0 Å². The molecule has 6 N–H and O–H groups in total. The number of nitrogens with one attached hydrogen (secondary N) is 3. The van der Waals surface area contributed by atoms with Gasteiger partial charge < -0.3 is 25.6 Å². The molecule has 0 bridgehead atoms. The highest BCUT2D eigenvalue weighted by molar-refractivity contribution is 5.95. The van der Waals surface area contributed by atoms with Crippen molar-refractivity contribution >= 4 is 17.5 Å². The molecule has 2 atom stereocenters. The molecule has 3 heterocycles. The van der Waals surface area contributed by atoms with E-state index in [0.717, 1.165) is 34.8 Å². The lowest BCUT2D eigenvalue weighted by Gasteiger charge is -2.21. The first-order valence-electron chi connectivity index (χ1n) is 12.4. The van der Waals surface area contributed by atoms with Crippen LogP contribution in [0.3, 0.4) is 0 Å². The summed E-state index contributed by atoms with van der Waals surface area (Å²) in [5, 5.41) is 23.0. The third-order valence-electron chi connectivity index (χ3n) is 5.75. The number of nitrogen functional groups attached to an aromatic ring is 1. The zero-order chi connectivity index (χ0) is 28.6. The van der Waals surface area contributed by atoms with Gasteiger partial charge in [-0.25, -0.2) is 14.8 Å². The maximum absolute atomic E-state index is 12.8. The molecule has 1 fully saturated rings. The van der Waals surface area contributed by atoms with Crippen LogP contribution in [0.15, 0.2) is 65.7 Å². The number of carboxylic acid groups (broad SMARTS) is 1. The lowest BCUT2D eigenvalue weighted by Crippen LogP contribution is -2.18. The number of H-pyrrole nitrogens is 1. The monoisotopic (exact) mass is 546 g/mol. The number of hydrogen-bond donors (Lipinski definition) is 5. The minimum absolute atomic E-state index is 0.000529. The van der Waals surface area contributed by atoms with E-state index < -0.39 is 17.7 Å². The van der Waals surface area contributed by atoms with Gasteiger partial charge in [0.25, 0.3) is 11.9 Å². The molecule has 0 spiro atoms. The molecule has 208 valence electrons. The van der Waals surface area contributed by atoms with Gasteiger partial charge in [0.15, 0.2) is 5.82 Å². The fourth-order valence-electron chi connectivity index (χ4n) is 4.04. The van der Waals surface area contributed by atoms with E-state index in [0.29, 0.717) is 30.4 Å². The summed E-state index contributed by atoms with van der Waals surface area (Å²) < 4.78 is 12.7. The lowest BCUT2D eigenvalue weighted by molar-refractivity contribution is -0.134. The van der Waals surface area contributed by atoms with Gasteiger partial charge in [-0.3, -0.25) is 15.2 Å². The maximum atomic E-state index is 12.8. The Balaban J connectivity index is 0.000000867. The second-order valence-electron chi connectivity index (χ2n) is 9.05. The van der Waals surface area contributed by atoms with Gasteiger partial charge in [-0.1, -0.05) is 6.07 Å². The number of rotatable bonds is 8. The molecule has 0 aliphatic carbocycles. The summed E-state index contributed by atoms with van der Waals surface area (Å²) >= 11 is 0. The summed E-state index contributed by atoms with van der Waals surface area (Å²) in [6, 6.07) is 14.2. The number of aliphatic carboxylic acids is 1. The van der Waals surface area contributed by atoms with Gasteiger partial charge in [0.05, 0.1) is 13.2 Å². The van der Waals surface area contributed by atoms with Gasteiger partial charge in [0, 0.05) is 37.0 Å². The standard InChI is InChI=1S/C25H26N8O3.C2H4O2/c1-15-11-17(13-20(12-15)36-19-7-10-35-14-19)21(30-18-5-3-16(4-6-18)22(26)27)23-31-25(34)33(32-23)24-28-8-2-9-29-24;1-2(3)4/h2-6,8-9,11-13,19,21,30H,7,10,14H2,1H3,(H3,26,27)(H,31,32,34);1H3,(H,3,4)/t19-,21?;/m1./s1. The van der Waals surface area contributed by atoms with Crippen LogP contribution >= 0.6 is 0 Å². The number of amidine groups is 1. The van der Waals surface area contributed by atoms with Crippen LogP contribution in [0, 0.1) is 12.3 Å². The number of nitrogens with two attached hydrogens (primary N) is 1. The van der Waals surface area contributed by atoms with E-state index in [4.69, 9.17) is 30.5 Å². The van der Waals surface area contributed by atoms with E-state index in [1.54, 1.807) is 30.6 Å². The van der Waals surface area contributed by atoms with E-state index in [1.807, 2.05) is 37.3 Å². The maximum Gasteiger partial charge on any atom is 0.350 e. The Hall–Kier alpha value is -5.04. The third-order valence-corrected chi connectivity index (χ3v) is 5.75. The zero-order valence-corrected chi connectivity index (χ0v) is 22.0. The van der Waals surface area contributed by atoms with Crippen LogP contribution in [-0.4, -0.2) is 61.0 Å². The number of benzene rings is 2. The molecule has 2 aromatic heterocycles. The molecule has 40 heavy (non-hydrogen) atoms. The van der Waals surface area contributed by atoms with Crippen LogP contribution in [0.1, 0.15) is 41.9 Å². The molecule has 1 unspecified atom stereocenters. The van der Waals surface area contributed by atoms with Gasteiger partial charge in [-0.05, 0) is 60.5 Å². The summed E-state index contributed by atoms with van der Waals surface area (Å²) in [6.07, 6.45) is 3.93. The van der Waals surface area contributed by atoms with Crippen molar-refractivity contribution in [2.75, 3.05) is 18.5 Å². The number of aromatic amines is 1. The largest absolute Gasteiger partial charge is 0.488 e. The Labute approximate surface area is 229 Å². The first kappa shape index (κ1) is 28.0. The molecular formula is C27H30N8O5. The second-order valence-corrected chi connectivity index (χ2v) is 9.05. The summed E-state index contributed by atoms with van der Waals surface area (Å²) in [5.41, 5.74) is 8.34. The summed E-state index contributed by atoms with van der Waals surface area (Å²) in [7, 11) is 0. The van der Waals surface area contributed by atoms with Crippen molar-refractivity contribution in [3.8, 4) is 11.7 Å². The Morgan fingerprint density at radius 3 is 2.58 bits per heavy atom. The molecule has 13 heteroatoms. The average molecular weight is 547 g/mol. The van der Waals surface area contributed by atoms with Crippen molar-refractivity contribution in [1.82, 2.24) is 24.7 Å². The molecule has 0 amide bonds. The number of hydrogen-bond acceptors (Lipinski definition) is 9. The molecule has 1 aliphatic rings. The molecule has 0 saturated carbocycles. The Bertz CT molecular complexity index is 1510. The Kier molecular flexibility index (Phi) is 8.86. The van der Waals surface area contributed by atoms with Crippen LogP contribution in [-0.2, 0) is 9.53 Å². The van der Waals surface area contributed by atoms with Crippen LogP contribution in [0.2, 0.25) is 0 Å². The number of ether oxygens (including phenoxy) is 2. The van der Waals surface area contributed by atoms with E-state index in [9.17, 15) is 4.79 Å². The van der Waals surface area contributed by atoms with Crippen molar-refractivity contribution in [2.45, 2.75) is 32.4 Å². The SMILES string of the molecule is CC(=O)O.Cc1cc(O[C@@H]2CCOC2)cc(C(Nc2ccc(C(=N)N)cc2)c2nn(-c3ncccn3)c(=O)[nH]2)c1. The highest BCUT2D eigenvalue weighted by atomic mass is 16.5. The highest BCUT2D eigenvalue weighted by Crippen LogP contribution is 2.29. The van der Waals surface area contributed by atoms with Crippen molar-refractivity contribution in [3.05, 3.63) is 93.9 Å². The van der Waals surface area contributed by atoms with Gasteiger partial charge in [0.1, 0.15) is 23.7 Å². The number of carboxylic acids is 1. The predicted octanol–water partition coefficient (Wildman–Crippen LogP) is 2.40. The van der Waals surface area contributed by atoms with Crippen molar-refractivity contribution in [2.24, 2.45) is 5.73 Å². The first-order chi connectivity index (χ1) is 19.2. The third kappa shape index (κ3) is 7.29. The lowest BCUT2D eigenvalue weighted by atomic mass is 10.0. The van der Waals surface area contributed by atoms with Gasteiger partial charge in [0.2, 0.25) is 0 Å². The number of aryl methyl sites for hydroxylation is 1. The van der Waals surface area contributed by atoms with E-state index in [1.165, 1.54) is 0 Å². The van der Waals surface area contributed by atoms with Gasteiger partial charge in [-0.15, -0.1) is 9.78 Å². The minimum atomic E-state index is -0.833. The van der Waals surface area contributed by atoms with Crippen LogP contribution < -0.4 is 21.5 Å². The van der Waals surface area contributed by atoms with Crippen molar-refractivity contribution < 1.29 is 19.4 Å². The second kappa shape index (κ2) is 12.7. The Morgan fingerprint density at radius 1 is 1.25 bits per heavy atom. The van der Waals surface area contributed by atoms with Crippen LogP contribution in [0.5, 0.6) is 5.75 Å². The Morgan fingerprint density at radius 2 is 1.95 bits per heavy atom. The van der Waals surface area contributed by atoms with E-state index >= 15 is 0 Å².